The highest BCUT2D eigenvalue weighted by atomic mass is 35.5. The summed E-state index contributed by atoms with van der Waals surface area (Å²) in [6, 6.07) is 4.33. The monoisotopic (exact) mass is 320 g/mol. The Kier molecular flexibility index (Phi) is 4.85. The maximum absolute atomic E-state index is 12.0. The molecular weight excluding hydrogens is 304 g/mol. The van der Waals surface area contributed by atoms with E-state index in [0.29, 0.717) is 5.02 Å². The van der Waals surface area contributed by atoms with Gasteiger partial charge in [-0.3, -0.25) is 4.72 Å². The maximum Gasteiger partial charge on any atom is 0.299 e. The van der Waals surface area contributed by atoms with E-state index < -0.39 is 15.7 Å². The number of rotatable bonds is 4. The van der Waals surface area contributed by atoms with E-state index >= 15 is 0 Å². The molecule has 0 unspecified atom stereocenters. The average Bonchev–Trinajstić information content (AvgIpc) is 2.24. The lowest BCUT2D eigenvalue weighted by atomic mass is 10.1. The number of nitrogens with zero attached hydrogens (tertiary/aromatic N) is 1. The van der Waals surface area contributed by atoms with Gasteiger partial charge >= 0.3 is 0 Å². The van der Waals surface area contributed by atoms with Gasteiger partial charge in [-0.05, 0) is 39.0 Å². The third-order valence-electron chi connectivity index (χ3n) is 2.05. The van der Waals surface area contributed by atoms with Crippen LogP contribution in [-0.2, 0) is 10.2 Å². The SMILES string of the molecule is CC(C)(C)NS(=O)(=O)Nc1cc(Cl)ccc1/C(N)=N/O. The van der Waals surface area contributed by atoms with Gasteiger partial charge in [0, 0.05) is 16.1 Å². The smallest absolute Gasteiger partial charge is 0.299 e. The van der Waals surface area contributed by atoms with Crippen LogP contribution in [0.4, 0.5) is 5.69 Å². The highest BCUT2D eigenvalue weighted by molar-refractivity contribution is 7.90. The van der Waals surface area contributed by atoms with Gasteiger partial charge in [-0.25, -0.2) is 0 Å². The number of anilines is 1. The van der Waals surface area contributed by atoms with Crippen molar-refractivity contribution >= 4 is 33.3 Å². The summed E-state index contributed by atoms with van der Waals surface area (Å²) in [5, 5.41) is 11.9. The summed E-state index contributed by atoms with van der Waals surface area (Å²) in [7, 11) is -3.82. The van der Waals surface area contributed by atoms with E-state index in [0.717, 1.165) is 0 Å². The molecule has 112 valence electrons. The number of hydrogen-bond donors (Lipinski definition) is 4. The number of benzene rings is 1. The highest BCUT2D eigenvalue weighted by Crippen LogP contribution is 2.22. The minimum atomic E-state index is -3.82. The second-order valence-corrected chi connectivity index (χ2v) is 6.98. The molecule has 0 amide bonds. The molecule has 9 heteroatoms. The number of nitrogens with two attached hydrogens (primary N) is 1. The third kappa shape index (κ3) is 4.87. The zero-order valence-electron chi connectivity index (χ0n) is 11.3. The number of halogens is 1. The van der Waals surface area contributed by atoms with Crippen LogP contribution >= 0.6 is 11.6 Å². The lowest BCUT2D eigenvalue weighted by molar-refractivity contribution is 0.318. The van der Waals surface area contributed by atoms with Crippen LogP contribution < -0.4 is 15.2 Å². The predicted octanol–water partition coefficient (Wildman–Crippen LogP) is 1.48. The van der Waals surface area contributed by atoms with Crippen molar-refractivity contribution in [3.05, 3.63) is 28.8 Å². The summed E-state index contributed by atoms with van der Waals surface area (Å²) < 4.78 is 28.7. The zero-order chi connectivity index (χ0) is 15.6. The van der Waals surface area contributed by atoms with Crippen molar-refractivity contribution in [1.29, 1.82) is 0 Å². The summed E-state index contributed by atoms with van der Waals surface area (Å²) in [6.07, 6.45) is 0. The Bertz CT molecular complexity index is 623. The molecule has 7 nitrogen and oxygen atoms in total. The summed E-state index contributed by atoms with van der Waals surface area (Å²) in [4.78, 5) is 0. The minimum absolute atomic E-state index is 0.115. The van der Waals surface area contributed by atoms with Crippen LogP contribution in [0, 0.1) is 0 Å². The van der Waals surface area contributed by atoms with Gasteiger partial charge in [0.15, 0.2) is 5.84 Å². The first-order valence-electron chi connectivity index (χ1n) is 5.63. The molecule has 0 aliphatic carbocycles. The predicted molar refractivity (Wildman–Crippen MR) is 79.4 cm³/mol. The Labute approximate surface area is 123 Å². The van der Waals surface area contributed by atoms with Gasteiger partial charge in [0.2, 0.25) is 0 Å². The minimum Gasteiger partial charge on any atom is -0.409 e. The van der Waals surface area contributed by atoms with Crippen LogP contribution in [0.3, 0.4) is 0 Å². The Morgan fingerprint density at radius 3 is 2.50 bits per heavy atom. The standard InChI is InChI=1S/C11H17ClN4O3S/c1-11(2,3)16-20(18,19)15-9-6-7(12)4-5-8(9)10(13)14-17/h4-6,15-17H,1-3H3,(H2,13,14). The first-order valence-corrected chi connectivity index (χ1v) is 7.49. The van der Waals surface area contributed by atoms with Crippen molar-refractivity contribution in [2.75, 3.05) is 4.72 Å². The quantitative estimate of drug-likeness (QED) is 0.291. The fourth-order valence-electron chi connectivity index (χ4n) is 1.45. The van der Waals surface area contributed by atoms with E-state index in [-0.39, 0.29) is 17.1 Å². The molecule has 1 rings (SSSR count). The first-order chi connectivity index (χ1) is 9.04. The topological polar surface area (TPSA) is 117 Å². The van der Waals surface area contributed by atoms with E-state index in [4.69, 9.17) is 22.5 Å². The molecule has 0 spiro atoms. The van der Waals surface area contributed by atoms with Gasteiger partial charge in [-0.15, -0.1) is 0 Å². The zero-order valence-corrected chi connectivity index (χ0v) is 12.9. The molecule has 0 bridgehead atoms. The van der Waals surface area contributed by atoms with Crippen molar-refractivity contribution in [3.63, 3.8) is 0 Å². The van der Waals surface area contributed by atoms with Crippen LogP contribution in [0.1, 0.15) is 26.3 Å². The molecule has 0 fully saturated rings. The maximum atomic E-state index is 12.0. The number of nitrogens with one attached hydrogen (secondary N) is 2. The van der Waals surface area contributed by atoms with Gasteiger partial charge in [0.25, 0.3) is 10.2 Å². The van der Waals surface area contributed by atoms with Gasteiger partial charge in [0.1, 0.15) is 0 Å². The van der Waals surface area contributed by atoms with Crippen LogP contribution in [0.25, 0.3) is 0 Å². The normalized spacial score (nSPS) is 13.3. The van der Waals surface area contributed by atoms with Gasteiger partial charge in [-0.1, -0.05) is 16.8 Å². The van der Waals surface area contributed by atoms with E-state index in [9.17, 15) is 8.42 Å². The highest BCUT2D eigenvalue weighted by Gasteiger charge is 2.21. The largest absolute Gasteiger partial charge is 0.409 e. The van der Waals surface area contributed by atoms with Crippen LogP contribution in [0.2, 0.25) is 5.02 Å². The van der Waals surface area contributed by atoms with Crippen molar-refractivity contribution in [1.82, 2.24) is 4.72 Å². The molecule has 1 aromatic rings. The number of oxime groups is 1. The fraction of sp³-hybridized carbons (Fsp3) is 0.364. The lowest BCUT2D eigenvalue weighted by Gasteiger charge is -2.21. The van der Waals surface area contributed by atoms with E-state index in [1.165, 1.54) is 18.2 Å². The average molecular weight is 321 g/mol. The Hall–Kier alpha value is -1.51. The molecule has 1 aromatic carbocycles. The number of hydrogen-bond acceptors (Lipinski definition) is 4. The van der Waals surface area contributed by atoms with E-state index in [1.54, 1.807) is 20.8 Å². The van der Waals surface area contributed by atoms with E-state index in [1.807, 2.05) is 0 Å². The molecular formula is C11H17ClN4O3S. The number of amidine groups is 1. The Balaban J connectivity index is 3.18. The molecule has 0 aliphatic heterocycles. The van der Waals surface area contributed by atoms with Crippen LogP contribution in [0.5, 0.6) is 0 Å². The van der Waals surface area contributed by atoms with Gasteiger partial charge in [-0.2, -0.15) is 13.1 Å². The molecule has 0 saturated heterocycles. The second-order valence-electron chi connectivity index (χ2n) is 5.13. The van der Waals surface area contributed by atoms with Crippen LogP contribution in [-0.4, -0.2) is 25.0 Å². The summed E-state index contributed by atoms with van der Waals surface area (Å²) in [6.45, 7) is 5.11. The fourth-order valence-corrected chi connectivity index (χ4v) is 2.94. The van der Waals surface area contributed by atoms with Crippen molar-refractivity contribution in [3.8, 4) is 0 Å². The molecule has 0 aliphatic rings. The molecule has 0 aromatic heterocycles. The van der Waals surface area contributed by atoms with Crippen molar-refractivity contribution in [2.45, 2.75) is 26.3 Å². The van der Waals surface area contributed by atoms with Gasteiger partial charge in [0.05, 0.1) is 5.69 Å². The Morgan fingerprint density at radius 1 is 1.40 bits per heavy atom. The molecule has 0 heterocycles. The van der Waals surface area contributed by atoms with E-state index in [2.05, 4.69) is 14.6 Å². The van der Waals surface area contributed by atoms with Crippen molar-refractivity contribution < 1.29 is 13.6 Å². The molecule has 0 radical (unpaired) electrons. The lowest BCUT2D eigenvalue weighted by Crippen LogP contribution is -2.43. The molecule has 20 heavy (non-hydrogen) atoms. The third-order valence-corrected chi connectivity index (χ3v) is 3.66. The van der Waals surface area contributed by atoms with Crippen molar-refractivity contribution in [2.24, 2.45) is 10.9 Å². The summed E-state index contributed by atoms with van der Waals surface area (Å²) >= 11 is 5.83. The molecule has 5 N–H and O–H groups in total. The van der Waals surface area contributed by atoms with Gasteiger partial charge < -0.3 is 10.9 Å². The van der Waals surface area contributed by atoms with Crippen LogP contribution in [0.15, 0.2) is 23.4 Å². The molecule has 0 saturated carbocycles. The second kappa shape index (κ2) is 5.86. The summed E-state index contributed by atoms with van der Waals surface area (Å²) in [5.41, 5.74) is 5.18. The summed E-state index contributed by atoms with van der Waals surface area (Å²) in [5.74, 6) is -0.227. The Morgan fingerprint density at radius 2 is 2.00 bits per heavy atom. The first kappa shape index (κ1) is 16.5. The molecule has 0 atom stereocenters.